The lowest BCUT2D eigenvalue weighted by molar-refractivity contribution is 0.0697. The fourth-order valence-electron chi connectivity index (χ4n) is 2.30. The van der Waals surface area contributed by atoms with Crippen molar-refractivity contribution in [3.05, 3.63) is 70.8 Å². The monoisotopic (exact) mass is 372 g/mol. The van der Waals surface area contributed by atoms with Gasteiger partial charge in [-0.2, -0.15) is 0 Å². The van der Waals surface area contributed by atoms with Crippen LogP contribution in [0.25, 0.3) is 0 Å². The molecule has 26 heavy (non-hydrogen) atoms. The molecule has 0 fully saturated rings. The molecule has 6 nitrogen and oxygen atoms in total. The fraction of sp³-hybridized carbons (Fsp3) is 0.0556. The van der Waals surface area contributed by atoms with Crippen LogP contribution in [0.1, 0.15) is 16.2 Å². The van der Waals surface area contributed by atoms with Gasteiger partial charge in [0.2, 0.25) is 0 Å². The van der Waals surface area contributed by atoms with Gasteiger partial charge in [0.15, 0.2) is 0 Å². The predicted molar refractivity (Wildman–Crippen MR) is 98.1 cm³/mol. The lowest BCUT2D eigenvalue weighted by Gasteiger charge is -2.11. The number of carboxylic acid groups (broad SMARTS) is 1. The van der Waals surface area contributed by atoms with Crippen LogP contribution in [0.3, 0.4) is 0 Å². The summed E-state index contributed by atoms with van der Waals surface area (Å²) in [6.45, 7) is 1.72. The van der Waals surface area contributed by atoms with Crippen molar-refractivity contribution in [3.63, 3.8) is 0 Å². The SMILES string of the molecule is Cc1nc(Nc2cccc(C(=O)O)c2)cc(Nc2ccc(F)c(Cl)c2)n1. The standard InChI is InChI=1S/C18H14ClFN4O2/c1-10-21-16(23-12-4-2-3-11(7-12)18(25)26)9-17(22-10)24-13-5-6-15(20)14(19)8-13/h2-9H,1H3,(H,25,26)(H2,21,22,23,24). The summed E-state index contributed by atoms with van der Waals surface area (Å²) < 4.78 is 13.3. The van der Waals surface area contributed by atoms with Gasteiger partial charge in [0.25, 0.3) is 0 Å². The molecular formula is C18H14ClFN4O2. The Hall–Kier alpha value is -3.19. The third kappa shape index (κ3) is 4.25. The summed E-state index contributed by atoms with van der Waals surface area (Å²) >= 11 is 5.78. The van der Waals surface area contributed by atoms with Gasteiger partial charge in [-0.3, -0.25) is 0 Å². The molecular weight excluding hydrogens is 359 g/mol. The molecule has 8 heteroatoms. The summed E-state index contributed by atoms with van der Waals surface area (Å²) in [5.74, 6) is -0.0484. The molecule has 0 radical (unpaired) electrons. The van der Waals surface area contributed by atoms with E-state index in [1.807, 2.05) is 0 Å². The molecule has 0 bridgehead atoms. The maximum absolute atomic E-state index is 13.3. The van der Waals surface area contributed by atoms with Crippen molar-refractivity contribution in [2.24, 2.45) is 0 Å². The number of carbonyl (C=O) groups is 1. The molecule has 0 amide bonds. The molecule has 0 aliphatic heterocycles. The van der Waals surface area contributed by atoms with Crippen LogP contribution in [0.5, 0.6) is 0 Å². The van der Waals surface area contributed by atoms with Crippen LogP contribution in [0.4, 0.5) is 27.4 Å². The van der Waals surface area contributed by atoms with Crippen molar-refractivity contribution in [2.75, 3.05) is 10.6 Å². The summed E-state index contributed by atoms with van der Waals surface area (Å²) in [6, 6.07) is 12.3. The van der Waals surface area contributed by atoms with Crippen LogP contribution >= 0.6 is 11.6 Å². The van der Waals surface area contributed by atoms with Crippen LogP contribution in [-0.4, -0.2) is 21.0 Å². The number of benzene rings is 2. The van der Waals surface area contributed by atoms with E-state index in [0.29, 0.717) is 28.8 Å². The lowest BCUT2D eigenvalue weighted by Crippen LogP contribution is -2.02. The number of nitrogens with zero attached hydrogens (tertiary/aromatic N) is 2. The number of aryl methyl sites for hydroxylation is 1. The van der Waals surface area contributed by atoms with Crippen LogP contribution < -0.4 is 10.6 Å². The van der Waals surface area contributed by atoms with Crippen molar-refractivity contribution in [1.82, 2.24) is 9.97 Å². The molecule has 1 heterocycles. The van der Waals surface area contributed by atoms with Crippen molar-refractivity contribution in [1.29, 1.82) is 0 Å². The summed E-state index contributed by atoms with van der Waals surface area (Å²) in [4.78, 5) is 19.6. The summed E-state index contributed by atoms with van der Waals surface area (Å²) in [5.41, 5.74) is 1.33. The van der Waals surface area contributed by atoms with Gasteiger partial charge < -0.3 is 15.7 Å². The molecule has 0 spiro atoms. The summed E-state index contributed by atoms with van der Waals surface area (Å²) in [5, 5.41) is 15.2. The molecule has 0 aliphatic rings. The number of hydrogen-bond acceptors (Lipinski definition) is 5. The molecule has 2 aromatic carbocycles. The van der Waals surface area contributed by atoms with Crippen molar-refractivity contribution >= 4 is 40.6 Å². The molecule has 0 saturated carbocycles. The highest BCUT2D eigenvalue weighted by Gasteiger charge is 2.07. The van der Waals surface area contributed by atoms with E-state index in [2.05, 4.69) is 20.6 Å². The van der Waals surface area contributed by atoms with Gasteiger partial charge in [0, 0.05) is 17.4 Å². The number of halogens is 2. The van der Waals surface area contributed by atoms with Crippen molar-refractivity contribution < 1.29 is 14.3 Å². The minimum absolute atomic E-state index is 0.00427. The third-order valence-electron chi connectivity index (χ3n) is 3.41. The highest BCUT2D eigenvalue weighted by molar-refractivity contribution is 6.31. The zero-order valence-corrected chi connectivity index (χ0v) is 14.4. The average Bonchev–Trinajstić information content (AvgIpc) is 2.58. The van der Waals surface area contributed by atoms with E-state index in [0.717, 1.165) is 0 Å². The minimum atomic E-state index is -1.01. The van der Waals surface area contributed by atoms with Gasteiger partial charge in [0.05, 0.1) is 10.6 Å². The van der Waals surface area contributed by atoms with E-state index in [9.17, 15) is 9.18 Å². The number of carboxylic acids is 1. The summed E-state index contributed by atoms with van der Waals surface area (Å²) in [6.07, 6.45) is 0. The largest absolute Gasteiger partial charge is 0.478 e. The number of hydrogen-bond donors (Lipinski definition) is 3. The van der Waals surface area contributed by atoms with Gasteiger partial charge in [-0.1, -0.05) is 17.7 Å². The number of aromatic carboxylic acids is 1. The smallest absolute Gasteiger partial charge is 0.335 e. The number of anilines is 4. The first-order valence-electron chi connectivity index (χ1n) is 7.59. The third-order valence-corrected chi connectivity index (χ3v) is 3.70. The predicted octanol–water partition coefficient (Wildman–Crippen LogP) is 4.76. The van der Waals surface area contributed by atoms with E-state index in [1.54, 1.807) is 31.2 Å². The van der Waals surface area contributed by atoms with Gasteiger partial charge >= 0.3 is 5.97 Å². The van der Waals surface area contributed by atoms with Gasteiger partial charge in [-0.15, -0.1) is 0 Å². The number of rotatable bonds is 5. The second-order valence-corrected chi connectivity index (χ2v) is 5.86. The zero-order valence-electron chi connectivity index (χ0n) is 13.6. The van der Waals surface area contributed by atoms with E-state index in [4.69, 9.17) is 16.7 Å². The van der Waals surface area contributed by atoms with Crippen LogP contribution in [0, 0.1) is 12.7 Å². The van der Waals surface area contributed by atoms with E-state index in [-0.39, 0.29) is 10.6 Å². The fourth-order valence-corrected chi connectivity index (χ4v) is 2.48. The van der Waals surface area contributed by atoms with Gasteiger partial charge in [-0.05, 0) is 43.3 Å². The topological polar surface area (TPSA) is 87.1 Å². The Balaban J connectivity index is 1.84. The second-order valence-electron chi connectivity index (χ2n) is 5.45. The Morgan fingerprint density at radius 1 is 1.04 bits per heavy atom. The van der Waals surface area contributed by atoms with E-state index < -0.39 is 11.8 Å². The molecule has 3 rings (SSSR count). The Kier molecular flexibility index (Phi) is 4.99. The average molecular weight is 373 g/mol. The van der Waals surface area contributed by atoms with Gasteiger partial charge in [0.1, 0.15) is 23.3 Å². The quantitative estimate of drug-likeness (QED) is 0.598. The first-order chi connectivity index (χ1) is 12.4. The first-order valence-corrected chi connectivity index (χ1v) is 7.96. The maximum atomic E-state index is 13.3. The molecule has 132 valence electrons. The molecule has 3 aromatic rings. The van der Waals surface area contributed by atoms with Crippen molar-refractivity contribution in [3.8, 4) is 0 Å². The van der Waals surface area contributed by atoms with Crippen molar-refractivity contribution in [2.45, 2.75) is 6.92 Å². The second kappa shape index (κ2) is 7.37. The van der Waals surface area contributed by atoms with E-state index >= 15 is 0 Å². The lowest BCUT2D eigenvalue weighted by atomic mass is 10.2. The Morgan fingerprint density at radius 3 is 2.31 bits per heavy atom. The molecule has 1 aromatic heterocycles. The van der Waals surface area contributed by atoms with Crippen LogP contribution in [0.2, 0.25) is 5.02 Å². The van der Waals surface area contributed by atoms with Crippen LogP contribution in [-0.2, 0) is 0 Å². The molecule has 3 N–H and O–H groups in total. The Labute approximate surface area is 153 Å². The summed E-state index contributed by atoms with van der Waals surface area (Å²) in [7, 11) is 0. The molecule has 0 saturated heterocycles. The number of aromatic nitrogens is 2. The molecule has 0 unspecified atom stereocenters. The Morgan fingerprint density at radius 2 is 1.69 bits per heavy atom. The zero-order chi connectivity index (χ0) is 18.7. The van der Waals surface area contributed by atoms with E-state index in [1.165, 1.54) is 24.3 Å². The Bertz CT molecular complexity index is 981. The first kappa shape index (κ1) is 17.6. The highest BCUT2D eigenvalue weighted by atomic mass is 35.5. The normalized spacial score (nSPS) is 10.4. The number of nitrogens with one attached hydrogen (secondary N) is 2. The van der Waals surface area contributed by atoms with Crippen LogP contribution in [0.15, 0.2) is 48.5 Å². The molecule has 0 aliphatic carbocycles. The molecule has 0 atom stereocenters. The minimum Gasteiger partial charge on any atom is -0.478 e. The highest BCUT2D eigenvalue weighted by Crippen LogP contribution is 2.24. The van der Waals surface area contributed by atoms with Gasteiger partial charge in [-0.25, -0.2) is 19.2 Å². The maximum Gasteiger partial charge on any atom is 0.335 e.